The summed E-state index contributed by atoms with van der Waals surface area (Å²) in [4.78, 5) is 32.9. The molecule has 0 aliphatic carbocycles. The molecule has 0 amide bonds. The van der Waals surface area contributed by atoms with E-state index in [1.54, 1.807) is 0 Å². The summed E-state index contributed by atoms with van der Waals surface area (Å²) in [5, 5.41) is 20.0. The van der Waals surface area contributed by atoms with Crippen molar-refractivity contribution in [1.82, 2.24) is 0 Å². The predicted molar refractivity (Wildman–Crippen MR) is 76.8 cm³/mol. The van der Waals surface area contributed by atoms with Gasteiger partial charge in [-0.3, -0.25) is 10.1 Å². The number of rotatable bonds is 4. The van der Waals surface area contributed by atoms with Crippen molar-refractivity contribution in [2.24, 2.45) is 0 Å². The number of nitro groups is 1. The second kappa shape index (κ2) is 6.04. The monoisotopic (exact) mass is 301 g/mol. The number of carbonyl (C=O) groups excluding carboxylic acids is 1. The van der Waals surface area contributed by atoms with Crippen LogP contribution in [0.25, 0.3) is 11.1 Å². The van der Waals surface area contributed by atoms with E-state index in [9.17, 15) is 24.8 Å². The summed E-state index contributed by atoms with van der Waals surface area (Å²) in [6.07, 6.45) is 0. The van der Waals surface area contributed by atoms with Gasteiger partial charge in [0.05, 0.1) is 23.2 Å². The highest BCUT2D eigenvalue weighted by atomic mass is 16.6. The molecule has 0 spiro atoms. The molecule has 0 unspecified atom stereocenters. The molecule has 0 heterocycles. The molecule has 2 aromatic rings. The molecule has 0 aromatic heterocycles. The highest BCUT2D eigenvalue weighted by Crippen LogP contribution is 2.28. The van der Waals surface area contributed by atoms with Gasteiger partial charge < -0.3 is 9.84 Å². The second-order valence-electron chi connectivity index (χ2n) is 4.36. The number of benzene rings is 2. The van der Waals surface area contributed by atoms with Gasteiger partial charge in [-0.05, 0) is 23.8 Å². The maximum Gasteiger partial charge on any atom is 0.337 e. The predicted octanol–water partition coefficient (Wildman–Crippen LogP) is 2.75. The average Bonchev–Trinajstić information content (AvgIpc) is 2.53. The number of hydrogen-bond donors (Lipinski definition) is 1. The van der Waals surface area contributed by atoms with Crippen LogP contribution < -0.4 is 0 Å². The largest absolute Gasteiger partial charge is 0.478 e. The van der Waals surface area contributed by atoms with Crippen molar-refractivity contribution in [2.45, 2.75) is 0 Å². The Balaban J connectivity index is 2.54. The number of carboxylic acid groups (broad SMARTS) is 1. The molecule has 22 heavy (non-hydrogen) atoms. The number of methoxy groups -OCH3 is 1. The fourth-order valence-electron chi connectivity index (χ4n) is 1.97. The minimum absolute atomic E-state index is 0.0589. The number of nitrogens with zero attached hydrogens (tertiary/aromatic N) is 1. The lowest BCUT2D eigenvalue weighted by Gasteiger charge is -2.07. The van der Waals surface area contributed by atoms with Crippen LogP contribution in [0.1, 0.15) is 20.7 Å². The Hall–Kier alpha value is -3.22. The standard InChI is InChI=1S/C15H11NO6/c1-22-15(19)10-4-2-9(3-5-10)13-8-11(16(20)21)6-7-12(13)14(17)18/h2-8H,1H3,(H,17,18). The summed E-state index contributed by atoms with van der Waals surface area (Å²) >= 11 is 0. The van der Waals surface area contributed by atoms with Gasteiger partial charge >= 0.3 is 11.9 Å². The van der Waals surface area contributed by atoms with Crippen LogP contribution in [0, 0.1) is 10.1 Å². The third-order valence-electron chi connectivity index (χ3n) is 3.06. The van der Waals surface area contributed by atoms with Crippen molar-refractivity contribution >= 4 is 17.6 Å². The molecule has 0 aliphatic rings. The number of ether oxygens (including phenoxy) is 1. The van der Waals surface area contributed by atoms with E-state index in [0.29, 0.717) is 11.1 Å². The molecule has 2 rings (SSSR count). The first-order chi connectivity index (χ1) is 10.4. The third-order valence-corrected chi connectivity index (χ3v) is 3.06. The Morgan fingerprint density at radius 3 is 2.27 bits per heavy atom. The molecule has 0 atom stereocenters. The van der Waals surface area contributed by atoms with E-state index in [-0.39, 0.29) is 16.8 Å². The fraction of sp³-hybridized carbons (Fsp3) is 0.0667. The number of esters is 1. The Labute approximate surface area is 124 Å². The van der Waals surface area contributed by atoms with Crippen molar-refractivity contribution in [3.63, 3.8) is 0 Å². The molecule has 0 aliphatic heterocycles. The van der Waals surface area contributed by atoms with Crippen LogP contribution in [-0.4, -0.2) is 29.1 Å². The number of hydrogen-bond acceptors (Lipinski definition) is 5. The minimum Gasteiger partial charge on any atom is -0.478 e. The van der Waals surface area contributed by atoms with E-state index in [2.05, 4.69) is 4.74 Å². The SMILES string of the molecule is COC(=O)c1ccc(-c2cc([N+](=O)[O-])ccc2C(=O)O)cc1. The van der Waals surface area contributed by atoms with Crippen molar-refractivity contribution in [1.29, 1.82) is 0 Å². The number of carbonyl (C=O) groups is 2. The van der Waals surface area contributed by atoms with Crippen molar-refractivity contribution in [2.75, 3.05) is 7.11 Å². The van der Waals surface area contributed by atoms with E-state index < -0.39 is 16.9 Å². The van der Waals surface area contributed by atoms with Gasteiger partial charge in [-0.25, -0.2) is 9.59 Å². The quantitative estimate of drug-likeness (QED) is 0.528. The van der Waals surface area contributed by atoms with E-state index in [4.69, 9.17) is 0 Å². The zero-order valence-electron chi connectivity index (χ0n) is 11.5. The average molecular weight is 301 g/mol. The van der Waals surface area contributed by atoms with Crippen LogP contribution in [0.2, 0.25) is 0 Å². The molecule has 0 fully saturated rings. The van der Waals surface area contributed by atoms with Crippen molar-refractivity contribution in [3.8, 4) is 11.1 Å². The molecule has 7 nitrogen and oxygen atoms in total. The highest BCUT2D eigenvalue weighted by Gasteiger charge is 2.17. The lowest BCUT2D eigenvalue weighted by atomic mass is 9.98. The van der Waals surface area contributed by atoms with Crippen molar-refractivity contribution < 1.29 is 24.4 Å². The zero-order chi connectivity index (χ0) is 16.3. The lowest BCUT2D eigenvalue weighted by molar-refractivity contribution is -0.384. The van der Waals surface area contributed by atoms with Gasteiger partial charge in [0.15, 0.2) is 0 Å². The van der Waals surface area contributed by atoms with Crippen LogP contribution in [0.4, 0.5) is 5.69 Å². The van der Waals surface area contributed by atoms with E-state index in [0.717, 1.165) is 6.07 Å². The van der Waals surface area contributed by atoms with E-state index in [1.165, 1.54) is 43.5 Å². The Kier molecular flexibility index (Phi) is 4.17. The van der Waals surface area contributed by atoms with E-state index >= 15 is 0 Å². The first-order valence-corrected chi connectivity index (χ1v) is 6.14. The second-order valence-corrected chi connectivity index (χ2v) is 4.36. The first-order valence-electron chi connectivity index (χ1n) is 6.14. The Morgan fingerprint density at radius 1 is 1.14 bits per heavy atom. The molecule has 0 radical (unpaired) electrons. The third kappa shape index (κ3) is 2.93. The molecular weight excluding hydrogens is 290 g/mol. The zero-order valence-corrected chi connectivity index (χ0v) is 11.5. The summed E-state index contributed by atoms with van der Waals surface area (Å²) in [6.45, 7) is 0. The molecule has 7 heteroatoms. The van der Waals surface area contributed by atoms with Crippen LogP contribution in [0.5, 0.6) is 0 Å². The Morgan fingerprint density at radius 2 is 1.77 bits per heavy atom. The molecule has 0 bridgehead atoms. The number of aromatic carboxylic acids is 1. The summed E-state index contributed by atoms with van der Waals surface area (Å²) in [5.41, 5.74) is 0.689. The maximum absolute atomic E-state index is 11.4. The molecule has 112 valence electrons. The summed E-state index contributed by atoms with van der Waals surface area (Å²) < 4.78 is 4.57. The van der Waals surface area contributed by atoms with Crippen LogP contribution in [-0.2, 0) is 4.74 Å². The molecule has 0 saturated heterocycles. The minimum atomic E-state index is -1.19. The highest BCUT2D eigenvalue weighted by molar-refractivity contribution is 5.97. The molecular formula is C15H11NO6. The first kappa shape index (κ1) is 15.2. The van der Waals surface area contributed by atoms with Crippen LogP contribution >= 0.6 is 0 Å². The molecule has 1 N–H and O–H groups in total. The molecule has 2 aromatic carbocycles. The smallest absolute Gasteiger partial charge is 0.337 e. The Bertz CT molecular complexity index is 751. The van der Waals surface area contributed by atoms with Gasteiger partial charge in [-0.2, -0.15) is 0 Å². The van der Waals surface area contributed by atoms with Gasteiger partial charge in [0, 0.05) is 17.7 Å². The fourth-order valence-corrected chi connectivity index (χ4v) is 1.97. The van der Waals surface area contributed by atoms with Gasteiger partial charge in [0.2, 0.25) is 0 Å². The lowest BCUT2D eigenvalue weighted by Crippen LogP contribution is -2.02. The van der Waals surface area contributed by atoms with Gasteiger partial charge in [-0.1, -0.05) is 12.1 Å². The number of non-ortho nitro benzene ring substituents is 1. The van der Waals surface area contributed by atoms with Gasteiger partial charge in [0.25, 0.3) is 5.69 Å². The summed E-state index contributed by atoms with van der Waals surface area (Å²) in [7, 11) is 1.25. The molecule has 0 saturated carbocycles. The number of carboxylic acids is 1. The summed E-state index contributed by atoms with van der Waals surface area (Å²) in [6, 6.07) is 9.46. The van der Waals surface area contributed by atoms with Crippen LogP contribution in [0.15, 0.2) is 42.5 Å². The van der Waals surface area contributed by atoms with Crippen molar-refractivity contribution in [3.05, 3.63) is 63.7 Å². The topological polar surface area (TPSA) is 107 Å². The normalized spacial score (nSPS) is 10.0. The maximum atomic E-state index is 11.4. The number of nitro benzene ring substituents is 1. The van der Waals surface area contributed by atoms with E-state index in [1.807, 2.05) is 0 Å². The summed E-state index contributed by atoms with van der Waals surface area (Å²) in [5.74, 6) is -1.72. The van der Waals surface area contributed by atoms with Gasteiger partial charge in [0.1, 0.15) is 0 Å². The van der Waals surface area contributed by atoms with Crippen LogP contribution in [0.3, 0.4) is 0 Å². The van der Waals surface area contributed by atoms with Gasteiger partial charge in [-0.15, -0.1) is 0 Å².